The van der Waals surface area contributed by atoms with Crippen molar-refractivity contribution >= 4 is 11.7 Å². The number of anilines is 1. The van der Waals surface area contributed by atoms with E-state index in [1.54, 1.807) is 25.1 Å². The van der Waals surface area contributed by atoms with E-state index < -0.39 is 12.0 Å². The number of hydrogen-bond donors (Lipinski definition) is 2. The van der Waals surface area contributed by atoms with Crippen molar-refractivity contribution in [1.82, 2.24) is 0 Å². The summed E-state index contributed by atoms with van der Waals surface area (Å²) in [6.07, 6.45) is 0.897. The molecule has 0 radical (unpaired) electrons. The highest BCUT2D eigenvalue weighted by molar-refractivity contribution is 5.79. The third-order valence-corrected chi connectivity index (χ3v) is 3.32. The van der Waals surface area contributed by atoms with E-state index in [4.69, 9.17) is 0 Å². The van der Waals surface area contributed by atoms with Crippen LogP contribution in [-0.4, -0.2) is 11.1 Å². The highest BCUT2D eigenvalue weighted by Crippen LogP contribution is 2.22. The fraction of sp³-hybridized carbons (Fsp3) is 0.235. The number of aliphatic carboxylic acids is 1. The number of halogens is 1. The van der Waals surface area contributed by atoms with Gasteiger partial charge in [-0.15, -0.1) is 0 Å². The summed E-state index contributed by atoms with van der Waals surface area (Å²) in [5.74, 6) is -1.39. The van der Waals surface area contributed by atoms with E-state index in [1.807, 2.05) is 19.1 Å². The highest BCUT2D eigenvalue weighted by atomic mass is 19.1. The van der Waals surface area contributed by atoms with E-state index >= 15 is 0 Å². The Morgan fingerprint density at radius 1 is 1.24 bits per heavy atom. The summed E-state index contributed by atoms with van der Waals surface area (Å²) in [4.78, 5) is 11.5. The normalized spacial score (nSPS) is 12.0. The molecule has 21 heavy (non-hydrogen) atoms. The second-order valence-corrected chi connectivity index (χ2v) is 5.03. The number of hydrogen-bond acceptors (Lipinski definition) is 2. The Bertz CT molecular complexity index is 617. The third-order valence-electron chi connectivity index (χ3n) is 3.32. The average molecular weight is 287 g/mol. The number of carboxylic acid groups (broad SMARTS) is 1. The molecule has 2 rings (SSSR count). The number of aryl methyl sites for hydroxylation is 2. The predicted octanol–water partition coefficient (Wildman–Crippen LogP) is 3.93. The zero-order valence-corrected chi connectivity index (χ0v) is 12.1. The van der Waals surface area contributed by atoms with E-state index in [0.29, 0.717) is 11.3 Å². The molecule has 0 aliphatic rings. The lowest BCUT2D eigenvalue weighted by atomic mass is 10.0. The molecule has 1 unspecified atom stereocenters. The number of benzene rings is 2. The van der Waals surface area contributed by atoms with Crippen molar-refractivity contribution in [3.05, 3.63) is 65.0 Å². The Morgan fingerprint density at radius 3 is 2.43 bits per heavy atom. The zero-order valence-electron chi connectivity index (χ0n) is 12.1. The molecule has 0 aliphatic heterocycles. The first-order valence-electron chi connectivity index (χ1n) is 6.85. The summed E-state index contributed by atoms with van der Waals surface area (Å²) in [7, 11) is 0. The second kappa shape index (κ2) is 6.39. The van der Waals surface area contributed by atoms with Crippen LogP contribution in [0.5, 0.6) is 0 Å². The lowest BCUT2D eigenvalue weighted by Gasteiger charge is -2.17. The van der Waals surface area contributed by atoms with Gasteiger partial charge >= 0.3 is 5.97 Å². The van der Waals surface area contributed by atoms with Gasteiger partial charge in [0.1, 0.15) is 5.82 Å². The van der Waals surface area contributed by atoms with Crippen LogP contribution in [0.4, 0.5) is 10.1 Å². The molecule has 0 aliphatic carbocycles. The van der Waals surface area contributed by atoms with Crippen LogP contribution in [0, 0.1) is 12.7 Å². The lowest BCUT2D eigenvalue weighted by molar-refractivity contribution is -0.138. The Hall–Kier alpha value is -2.36. The minimum absolute atomic E-state index is 0.386. The van der Waals surface area contributed by atoms with Gasteiger partial charge in [0.05, 0.1) is 0 Å². The minimum Gasteiger partial charge on any atom is -0.479 e. The van der Waals surface area contributed by atoms with Gasteiger partial charge < -0.3 is 10.4 Å². The van der Waals surface area contributed by atoms with Gasteiger partial charge in [0, 0.05) is 5.69 Å². The van der Waals surface area contributed by atoms with E-state index in [2.05, 4.69) is 5.32 Å². The standard InChI is InChI=1S/C17H18FNO2/c1-3-12-4-6-13(7-5-12)16(17(20)21)19-15-9-11(2)8-14(18)10-15/h4-10,16,19H,3H2,1-2H3,(H,20,21). The number of nitrogens with one attached hydrogen (secondary N) is 1. The fourth-order valence-electron chi connectivity index (χ4n) is 2.22. The van der Waals surface area contributed by atoms with Gasteiger partial charge in [0.15, 0.2) is 6.04 Å². The van der Waals surface area contributed by atoms with Crippen LogP contribution < -0.4 is 5.32 Å². The van der Waals surface area contributed by atoms with Gasteiger partial charge in [0.2, 0.25) is 0 Å². The SMILES string of the molecule is CCc1ccc(C(Nc2cc(C)cc(F)c2)C(=O)O)cc1. The third kappa shape index (κ3) is 3.81. The van der Waals surface area contributed by atoms with Crippen LogP contribution in [0.2, 0.25) is 0 Å². The van der Waals surface area contributed by atoms with Crippen LogP contribution >= 0.6 is 0 Å². The molecule has 0 aromatic heterocycles. The summed E-state index contributed by atoms with van der Waals surface area (Å²) in [5.41, 5.74) is 2.98. The first-order valence-corrected chi connectivity index (χ1v) is 6.85. The molecular weight excluding hydrogens is 269 g/mol. The van der Waals surface area contributed by atoms with Gasteiger partial charge in [-0.2, -0.15) is 0 Å². The number of carboxylic acids is 1. The van der Waals surface area contributed by atoms with Gasteiger partial charge in [-0.25, -0.2) is 9.18 Å². The zero-order chi connectivity index (χ0) is 15.4. The maximum absolute atomic E-state index is 13.4. The Morgan fingerprint density at radius 2 is 1.90 bits per heavy atom. The largest absolute Gasteiger partial charge is 0.479 e. The molecule has 0 saturated heterocycles. The molecule has 0 heterocycles. The van der Waals surface area contributed by atoms with Crippen LogP contribution in [-0.2, 0) is 11.2 Å². The molecule has 4 heteroatoms. The maximum atomic E-state index is 13.4. The molecule has 0 amide bonds. The summed E-state index contributed by atoms with van der Waals surface area (Å²) < 4.78 is 13.4. The van der Waals surface area contributed by atoms with Crippen molar-refractivity contribution in [2.75, 3.05) is 5.32 Å². The van der Waals surface area contributed by atoms with Crippen LogP contribution in [0.25, 0.3) is 0 Å². The number of carbonyl (C=O) groups is 1. The quantitative estimate of drug-likeness (QED) is 0.876. The summed E-state index contributed by atoms with van der Waals surface area (Å²) in [6.45, 7) is 3.80. The molecule has 0 spiro atoms. The maximum Gasteiger partial charge on any atom is 0.330 e. The molecule has 3 nitrogen and oxygen atoms in total. The van der Waals surface area contributed by atoms with Crippen LogP contribution in [0.1, 0.15) is 29.7 Å². The molecule has 2 aromatic carbocycles. The fourth-order valence-corrected chi connectivity index (χ4v) is 2.22. The van der Waals surface area contributed by atoms with Gasteiger partial charge in [-0.05, 0) is 48.2 Å². The molecule has 2 N–H and O–H groups in total. The first-order chi connectivity index (χ1) is 9.99. The van der Waals surface area contributed by atoms with Gasteiger partial charge in [-0.1, -0.05) is 31.2 Å². The lowest BCUT2D eigenvalue weighted by Crippen LogP contribution is -2.20. The molecule has 110 valence electrons. The van der Waals surface area contributed by atoms with Crippen molar-refractivity contribution in [3.8, 4) is 0 Å². The van der Waals surface area contributed by atoms with E-state index in [9.17, 15) is 14.3 Å². The molecule has 1 atom stereocenters. The first kappa shape index (κ1) is 15.0. The molecule has 0 bridgehead atoms. The average Bonchev–Trinajstić information content (AvgIpc) is 2.43. The minimum atomic E-state index is -0.999. The molecule has 2 aromatic rings. The van der Waals surface area contributed by atoms with Crippen molar-refractivity contribution < 1.29 is 14.3 Å². The topological polar surface area (TPSA) is 49.3 Å². The summed E-state index contributed by atoms with van der Waals surface area (Å²) >= 11 is 0. The van der Waals surface area contributed by atoms with Crippen molar-refractivity contribution in [2.24, 2.45) is 0 Å². The van der Waals surface area contributed by atoms with E-state index in [-0.39, 0.29) is 5.82 Å². The number of rotatable bonds is 5. The van der Waals surface area contributed by atoms with Crippen molar-refractivity contribution in [3.63, 3.8) is 0 Å². The van der Waals surface area contributed by atoms with Crippen molar-refractivity contribution in [1.29, 1.82) is 0 Å². The molecule has 0 fully saturated rings. The predicted molar refractivity (Wildman–Crippen MR) is 81.0 cm³/mol. The van der Waals surface area contributed by atoms with E-state index in [0.717, 1.165) is 17.5 Å². The highest BCUT2D eigenvalue weighted by Gasteiger charge is 2.19. The van der Waals surface area contributed by atoms with Gasteiger partial charge in [-0.3, -0.25) is 0 Å². The molecular formula is C17H18FNO2. The Kier molecular flexibility index (Phi) is 4.58. The van der Waals surface area contributed by atoms with Crippen LogP contribution in [0.3, 0.4) is 0 Å². The molecule has 0 saturated carbocycles. The second-order valence-electron chi connectivity index (χ2n) is 5.03. The summed E-state index contributed by atoms with van der Waals surface area (Å²) in [5, 5.41) is 12.3. The van der Waals surface area contributed by atoms with Crippen molar-refractivity contribution in [2.45, 2.75) is 26.3 Å². The monoisotopic (exact) mass is 287 g/mol. The van der Waals surface area contributed by atoms with Gasteiger partial charge in [0.25, 0.3) is 0 Å². The van der Waals surface area contributed by atoms with Crippen LogP contribution in [0.15, 0.2) is 42.5 Å². The Labute approximate surface area is 123 Å². The van der Waals surface area contributed by atoms with E-state index in [1.165, 1.54) is 12.1 Å². The smallest absolute Gasteiger partial charge is 0.330 e. The summed E-state index contributed by atoms with van der Waals surface area (Å²) in [6, 6.07) is 10.9. The Balaban J connectivity index is 2.28.